The van der Waals surface area contributed by atoms with E-state index in [4.69, 9.17) is 0 Å². The van der Waals surface area contributed by atoms with Crippen molar-refractivity contribution in [2.75, 3.05) is 33.2 Å². The van der Waals surface area contributed by atoms with Crippen LogP contribution in [0.25, 0.3) is 0 Å². The second-order valence-electron chi connectivity index (χ2n) is 5.45. The molecule has 0 unspecified atom stereocenters. The summed E-state index contributed by atoms with van der Waals surface area (Å²) in [6.45, 7) is 4.20. The van der Waals surface area contributed by atoms with Gasteiger partial charge in [-0.3, -0.25) is 0 Å². The molecule has 1 aromatic rings. The molecule has 0 atom stereocenters. The summed E-state index contributed by atoms with van der Waals surface area (Å²) in [5.41, 5.74) is 0.857. The van der Waals surface area contributed by atoms with Crippen molar-refractivity contribution in [3.63, 3.8) is 0 Å². The zero-order chi connectivity index (χ0) is 13.7. The first-order chi connectivity index (χ1) is 9.15. The predicted octanol–water partition coefficient (Wildman–Crippen LogP) is 2.44. The number of benzene rings is 1. The molecule has 0 aromatic heterocycles. The molecule has 19 heavy (non-hydrogen) atoms. The third kappa shape index (κ3) is 4.55. The lowest BCUT2D eigenvalue weighted by atomic mass is 9.97. The van der Waals surface area contributed by atoms with Gasteiger partial charge in [0.15, 0.2) is 11.6 Å². The Morgan fingerprint density at radius 1 is 1.21 bits per heavy atom. The van der Waals surface area contributed by atoms with E-state index in [1.807, 2.05) is 0 Å². The van der Waals surface area contributed by atoms with E-state index in [0.717, 1.165) is 44.1 Å². The fraction of sp³-hybridized carbons (Fsp3) is 0.600. The molecule has 0 aliphatic carbocycles. The van der Waals surface area contributed by atoms with Crippen molar-refractivity contribution in [1.82, 2.24) is 10.2 Å². The molecule has 2 nitrogen and oxygen atoms in total. The van der Waals surface area contributed by atoms with Gasteiger partial charge in [-0.15, -0.1) is 0 Å². The highest BCUT2D eigenvalue weighted by molar-refractivity contribution is 5.18. The SMILES string of the molecule is CN(CCc1ccc(F)c(F)c1)CC1CCNCC1. The molecule has 1 heterocycles. The summed E-state index contributed by atoms with van der Waals surface area (Å²) >= 11 is 0. The van der Waals surface area contributed by atoms with E-state index in [2.05, 4.69) is 17.3 Å². The average molecular weight is 268 g/mol. The zero-order valence-electron chi connectivity index (χ0n) is 11.5. The smallest absolute Gasteiger partial charge is 0.159 e. The van der Waals surface area contributed by atoms with Crippen LogP contribution in [0.4, 0.5) is 8.78 Å². The number of halogens is 2. The summed E-state index contributed by atoms with van der Waals surface area (Å²) < 4.78 is 25.9. The third-order valence-electron chi connectivity index (χ3n) is 3.79. The van der Waals surface area contributed by atoms with E-state index in [1.54, 1.807) is 6.07 Å². The average Bonchev–Trinajstić information content (AvgIpc) is 2.41. The Morgan fingerprint density at radius 2 is 1.95 bits per heavy atom. The molecule has 0 amide bonds. The van der Waals surface area contributed by atoms with Gasteiger partial charge in [0.25, 0.3) is 0 Å². The predicted molar refractivity (Wildman–Crippen MR) is 73.2 cm³/mol. The van der Waals surface area contributed by atoms with E-state index >= 15 is 0 Å². The van der Waals surface area contributed by atoms with Gasteiger partial charge in [0.05, 0.1) is 0 Å². The van der Waals surface area contributed by atoms with Crippen LogP contribution in [0, 0.1) is 17.6 Å². The minimum atomic E-state index is -0.771. The number of nitrogens with zero attached hydrogens (tertiary/aromatic N) is 1. The van der Waals surface area contributed by atoms with Crippen molar-refractivity contribution < 1.29 is 8.78 Å². The van der Waals surface area contributed by atoms with Crippen LogP contribution in [-0.2, 0) is 6.42 Å². The molecule has 0 bridgehead atoms. The first-order valence-electron chi connectivity index (χ1n) is 6.98. The molecule has 0 radical (unpaired) electrons. The number of piperidine rings is 1. The second-order valence-corrected chi connectivity index (χ2v) is 5.45. The lowest BCUT2D eigenvalue weighted by Gasteiger charge is -2.27. The van der Waals surface area contributed by atoms with Crippen LogP contribution in [-0.4, -0.2) is 38.1 Å². The summed E-state index contributed by atoms with van der Waals surface area (Å²) in [5, 5.41) is 3.36. The Hall–Kier alpha value is -1.00. The fourth-order valence-electron chi connectivity index (χ4n) is 2.61. The largest absolute Gasteiger partial charge is 0.317 e. The topological polar surface area (TPSA) is 15.3 Å². The summed E-state index contributed by atoms with van der Waals surface area (Å²) in [4.78, 5) is 2.29. The summed E-state index contributed by atoms with van der Waals surface area (Å²) in [5.74, 6) is -0.762. The number of nitrogens with one attached hydrogen (secondary N) is 1. The lowest BCUT2D eigenvalue weighted by molar-refractivity contribution is 0.242. The molecule has 2 rings (SSSR count). The monoisotopic (exact) mass is 268 g/mol. The van der Waals surface area contributed by atoms with Gasteiger partial charge in [0.2, 0.25) is 0 Å². The van der Waals surface area contributed by atoms with Crippen LogP contribution >= 0.6 is 0 Å². The number of likely N-dealkylation sites (N-methyl/N-ethyl adjacent to an activating group) is 1. The minimum absolute atomic E-state index is 0.751. The van der Waals surface area contributed by atoms with Crippen molar-refractivity contribution in [3.05, 3.63) is 35.4 Å². The van der Waals surface area contributed by atoms with Crippen molar-refractivity contribution in [2.45, 2.75) is 19.3 Å². The van der Waals surface area contributed by atoms with E-state index in [0.29, 0.717) is 0 Å². The standard InChI is InChI=1S/C15H22F2N2/c1-19(11-13-4-7-18-8-5-13)9-6-12-2-3-14(16)15(17)10-12/h2-3,10,13,18H,4-9,11H2,1H3. The van der Waals surface area contributed by atoms with Gasteiger partial charge in [0, 0.05) is 13.1 Å². The lowest BCUT2D eigenvalue weighted by Crippen LogP contribution is -2.35. The molecule has 0 spiro atoms. The van der Waals surface area contributed by atoms with Crippen LogP contribution in [0.2, 0.25) is 0 Å². The minimum Gasteiger partial charge on any atom is -0.317 e. The maximum absolute atomic E-state index is 13.1. The molecule has 1 saturated heterocycles. The van der Waals surface area contributed by atoms with Crippen LogP contribution in [0.5, 0.6) is 0 Å². The van der Waals surface area contributed by atoms with Crippen LogP contribution in [0.1, 0.15) is 18.4 Å². The molecule has 1 fully saturated rings. The van der Waals surface area contributed by atoms with E-state index in [9.17, 15) is 8.78 Å². The number of hydrogen-bond acceptors (Lipinski definition) is 2. The normalized spacial score (nSPS) is 17.1. The van der Waals surface area contributed by atoms with Gasteiger partial charge < -0.3 is 10.2 Å². The third-order valence-corrected chi connectivity index (χ3v) is 3.79. The molecule has 1 aliphatic heterocycles. The highest BCUT2D eigenvalue weighted by Crippen LogP contribution is 2.14. The Labute approximate surface area is 113 Å². The Bertz CT molecular complexity index is 403. The second kappa shape index (κ2) is 6.96. The van der Waals surface area contributed by atoms with Gasteiger partial charge in [-0.25, -0.2) is 8.78 Å². The molecule has 1 N–H and O–H groups in total. The van der Waals surface area contributed by atoms with Crippen molar-refractivity contribution >= 4 is 0 Å². The van der Waals surface area contributed by atoms with E-state index in [-0.39, 0.29) is 0 Å². The Morgan fingerprint density at radius 3 is 2.63 bits per heavy atom. The summed E-state index contributed by atoms with van der Waals surface area (Å²) in [6.07, 6.45) is 3.23. The molecule has 1 aliphatic rings. The van der Waals surface area contributed by atoms with Gasteiger partial charge in [-0.1, -0.05) is 6.07 Å². The molecule has 4 heteroatoms. The van der Waals surface area contributed by atoms with Crippen molar-refractivity contribution in [1.29, 1.82) is 0 Å². The molecular weight excluding hydrogens is 246 g/mol. The van der Waals surface area contributed by atoms with Gasteiger partial charge >= 0.3 is 0 Å². The zero-order valence-corrected chi connectivity index (χ0v) is 11.5. The van der Waals surface area contributed by atoms with Crippen molar-refractivity contribution in [2.24, 2.45) is 5.92 Å². The first-order valence-corrected chi connectivity index (χ1v) is 6.98. The molecule has 1 aromatic carbocycles. The number of hydrogen-bond donors (Lipinski definition) is 1. The quantitative estimate of drug-likeness (QED) is 0.882. The van der Waals surface area contributed by atoms with E-state index < -0.39 is 11.6 Å². The van der Waals surface area contributed by atoms with Crippen molar-refractivity contribution in [3.8, 4) is 0 Å². The maximum Gasteiger partial charge on any atom is 0.159 e. The van der Waals surface area contributed by atoms with E-state index in [1.165, 1.54) is 25.0 Å². The highest BCUT2D eigenvalue weighted by atomic mass is 19.2. The van der Waals surface area contributed by atoms with Gasteiger partial charge in [-0.05, 0) is 63.0 Å². The Kier molecular flexibility index (Phi) is 5.28. The Balaban J connectivity index is 1.75. The molecular formula is C15H22F2N2. The molecule has 106 valence electrons. The fourth-order valence-corrected chi connectivity index (χ4v) is 2.61. The van der Waals surface area contributed by atoms with Gasteiger partial charge in [-0.2, -0.15) is 0 Å². The first kappa shape index (κ1) is 14.4. The number of rotatable bonds is 5. The highest BCUT2D eigenvalue weighted by Gasteiger charge is 2.14. The molecule has 0 saturated carbocycles. The van der Waals surface area contributed by atoms with Crippen LogP contribution in [0.3, 0.4) is 0 Å². The summed E-state index contributed by atoms with van der Waals surface area (Å²) in [7, 11) is 2.10. The van der Waals surface area contributed by atoms with Crippen LogP contribution < -0.4 is 5.32 Å². The van der Waals surface area contributed by atoms with Crippen LogP contribution in [0.15, 0.2) is 18.2 Å². The summed E-state index contributed by atoms with van der Waals surface area (Å²) in [6, 6.07) is 4.17. The van der Waals surface area contributed by atoms with Gasteiger partial charge in [0.1, 0.15) is 0 Å². The maximum atomic E-state index is 13.1.